The molecule has 41 valence electrons. The van der Waals surface area contributed by atoms with Crippen molar-refractivity contribution in [1.29, 1.82) is 0 Å². The predicted octanol–water partition coefficient (Wildman–Crippen LogP) is 1.46. The normalized spacial score (nSPS) is 13.4. The molecule has 3 heteroatoms. The van der Waals surface area contributed by atoms with E-state index in [0.29, 0.717) is 0 Å². The highest BCUT2D eigenvalue weighted by molar-refractivity contribution is 7.96. The van der Waals surface area contributed by atoms with E-state index >= 15 is 0 Å². The Morgan fingerprint density at radius 2 is 2.43 bits per heavy atom. The fraction of sp³-hybridized carbons (Fsp3) is 0.750. The fourth-order valence-corrected chi connectivity index (χ4v) is 0.333. The van der Waals surface area contributed by atoms with Crippen LogP contribution < -0.4 is 0 Å². The van der Waals surface area contributed by atoms with Gasteiger partial charge in [0.05, 0.1) is 0 Å². The van der Waals surface area contributed by atoms with Crippen LogP contribution in [-0.4, -0.2) is 11.3 Å². The van der Waals surface area contributed by atoms with Gasteiger partial charge in [0.15, 0.2) is 6.17 Å². The first-order valence-electron chi connectivity index (χ1n) is 2.03. The third-order valence-corrected chi connectivity index (χ3v) is 0.870. The van der Waals surface area contributed by atoms with Gasteiger partial charge >= 0.3 is 0 Å². The third kappa shape index (κ3) is 2.51. The van der Waals surface area contributed by atoms with Crippen molar-refractivity contribution < 1.29 is 9.18 Å². The highest BCUT2D eigenvalue weighted by Gasteiger charge is 2.09. The number of carbonyl (C=O) groups is 1. The third-order valence-electron chi connectivity index (χ3n) is 0.614. The van der Waals surface area contributed by atoms with Gasteiger partial charge in [-0.1, -0.05) is 6.92 Å². The zero-order valence-electron chi connectivity index (χ0n) is 3.98. The fourth-order valence-electron chi connectivity index (χ4n) is 0.167. The average molecular weight is 121 g/mol. The van der Waals surface area contributed by atoms with Gasteiger partial charge in [-0.05, 0) is 19.0 Å². The van der Waals surface area contributed by atoms with E-state index in [9.17, 15) is 9.18 Å². The Bertz CT molecular complexity index is 74.1. The van der Waals surface area contributed by atoms with Gasteiger partial charge in [-0.15, -0.1) is 0 Å². The number of halogens is 1. The Labute approximate surface area is 47.3 Å². The van der Waals surface area contributed by atoms with E-state index in [1.54, 1.807) is 6.92 Å². The molecule has 1 radical (unpaired) electrons. The van der Waals surface area contributed by atoms with E-state index in [-0.39, 0.29) is 6.42 Å². The van der Waals surface area contributed by atoms with E-state index < -0.39 is 11.3 Å². The number of carbonyl (C=O) groups excluding carboxylic acids is 1. The van der Waals surface area contributed by atoms with Gasteiger partial charge in [0.25, 0.3) is 5.12 Å². The number of rotatable bonds is 2. The molecule has 0 amide bonds. The first-order valence-corrected chi connectivity index (χ1v) is 2.44. The first-order chi connectivity index (χ1) is 3.18. The van der Waals surface area contributed by atoms with Gasteiger partial charge in [0, 0.05) is 0 Å². The van der Waals surface area contributed by atoms with Gasteiger partial charge in [-0.2, -0.15) is 0 Å². The summed E-state index contributed by atoms with van der Waals surface area (Å²) in [6.07, 6.45) is -1.22. The van der Waals surface area contributed by atoms with Gasteiger partial charge in [0.2, 0.25) is 0 Å². The molecule has 1 atom stereocenters. The molecular formula is C4H6FOS. The van der Waals surface area contributed by atoms with Crippen molar-refractivity contribution in [3.05, 3.63) is 0 Å². The van der Waals surface area contributed by atoms with E-state index in [0.717, 1.165) is 0 Å². The van der Waals surface area contributed by atoms with Crippen LogP contribution in [0.3, 0.4) is 0 Å². The SMILES string of the molecule is CCC(F)C(=O)[S]. The molecule has 0 bridgehead atoms. The van der Waals surface area contributed by atoms with E-state index in [1.807, 2.05) is 0 Å². The van der Waals surface area contributed by atoms with E-state index in [4.69, 9.17) is 0 Å². The molecule has 1 nitrogen and oxygen atoms in total. The quantitative estimate of drug-likeness (QED) is 0.540. The molecule has 0 aliphatic rings. The van der Waals surface area contributed by atoms with Crippen LogP contribution in [0.15, 0.2) is 0 Å². The molecule has 0 aliphatic carbocycles. The van der Waals surface area contributed by atoms with Crippen molar-refractivity contribution in [2.75, 3.05) is 0 Å². The minimum Gasteiger partial charge on any atom is -0.279 e. The summed E-state index contributed by atoms with van der Waals surface area (Å²) in [5, 5.41) is -0.789. The maximum Gasteiger partial charge on any atom is 0.252 e. The van der Waals surface area contributed by atoms with Crippen molar-refractivity contribution in [3.8, 4) is 0 Å². The number of hydrogen-bond donors (Lipinski definition) is 0. The Balaban J connectivity index is 3.34. The van der Waals surface area contributed by atoms with Crippen molar-refractivity contribution in [2.45, 2.75) is 19.5 Å². The molecule has 1 unspecified atom stereocenters. The van der Waals surface area contributed by atoms with Crippen molar-refractivity contribution in [2.24, 2.45) is 0 Å². The molecule has 0 rings (SSSR count). The summed E-state index contributed by atoms with van der Waals surface area (Å²) >= 11 is 3.99. The second-order valence-electron chi connectivity index (χ2n) is 1.19. The molecule has 0 fully saturated rings. The molecule has 0 aromatic carbocycles. The Kier molecular flexibility index (Phi) is 2.83. The zero-order valence-corrected chi connectivity index (χ0v) is 4.80. The first kappa shape index (κ1) is 6.82. The summed E-state index contributed by atoms with van der Waals surface area (Å²) in [6, 6.07) is 0. The second kappa shape index (κ2) is 2.91. The van der Waals surface area contributed by atoms with Gasteiger partial charge < -0.3 is 0 Å². The summed E-state index contributed by atoms with van der Waals surface area (Å²) in [5.41, 5.74) is 0. The van der Waals surface area contributed by atoms with Crippen LogP contribution in [0.4, 0.5) is 4.39 Å². The maximum absolute atomic E-state index is 11.8. The van der Waals surface area contributed by atoms with Gasteiger partial charge in [-0.3, -0.25) is 4.79 Å². The summed E-state index contributed by atoms with van der Waals surface area (Å²) in [5.74, 6) is 0. The van der Waals surface area contributed by atoms with E-state index in [1.165, 1.54) is 0 Å². The largest absolute Gasteiger partial charge is 0.279 e. The Hall–Kier alpha value is -0.180. The lowest BCUT2D eigenvalue weighted by molar-refractivity contribution is -0.115. The summed E-state index contributed by atoms with van der Waals surface area (Å²) < 4.78 is 11.8. The molecule has 0 heterocycles. The molecule has 0 saturated carbocycles. The minimum atomic E-state index is -1.42. The van der Waals surface area contributed by atoms with E-state index in [2.05, 4.69) is 12.6 Å². The van der Waals surface area contributed by atoms with Crippen LogP contribution in [0.2, 0.25) is 0 Å². The Morgan fingerprint density at radius 1 is 2.00 bits per heavy atom. The second-order valence-corrected chi connectivity index (χ2v) is 1.60. The maximum atomic E-state index is 11.8. The summed E-state index contributed by atoms with van der Waals surface area (Å²) in [6.45, 7) is 1.58. The number of alkyl halides is 1. The molecular weight excluding hydrogens is 115 g/mol. The topological polar surface area (TPSA) is 17.1 Å². The van der Waals surface area contributed by atoms with Crippen molar-refractivity contribution >= 4 is 17.7 Å². The molecule has 0 saturated heterocycles. The van der Waals surface area contributed by atoms with Gasteiger partial charge in [-0.25, -0.2) is 4.39 Å². The number of hydrogen-bond acceptors (Lipinski definition) is 1. The van der Waals surface area contributed by atoms with Crippen LogP contribution in [0, 0.1) is 0 Å². The Morgan fingerprint density at radius 3 is 2.43 bits per heavy atom. The highest BCUT2D eigenvalue weighted by Crippen LogP contribution is 1.99. The summed E-state index contributed by atoms with van der Waals surface area (Å²) in [4.78, 5) is 9.81. The lowest BCUT2D eigenvalue weighted by atomic mass is 10.3. The average Bonchev–Trinajstić information content (AvgIpc) is 1.65. The van der Waals surface area contributed by atoms with Gasteiger partial charge in [0.1, 0.15) is 0 Å². The van der Waals surface area contributed by atoms with Crippen LogP contribution in [-0.2, 0) is 4.79 Å². The van der Waals surface area contributed by atoms with Crippen LogP contribution in [0.25, 0.3) is 0 Å². The van der Waals surface area contributed by atoms with Crippen LogP contribution in [0.5, 0.6) is 0 Å². The molecule has 0 spiro atoms. The van der Waals surface area contributed by atoms with Crippen molar-refractivity contribution in [1.82, 2.24) is 0 Å². The smallest absolute Gasteiger partial charge is 0.252 e. The lowest BCUT2D eigenvalue weighted by Crippen LogP contribution is -2.05. The highest BCUT2D eigenvalue weighted by atomic mass is 32.1. The summed E-state index contributed by atoms with van der Waals surface area (Å²) in [7, 11) is 0. The predicted molar refractivity (Wildman–Crippen MR) is 27.8 cm³/mol. The van der Waals surface area contributed by atoms with Crippen LogP contribution in [0.1, 0.15) is 13.3 Å². The standard InChI is InChI=1S/C4H6FOS/c1-2-3(5)4(6)7/h3H,2H2,1H3. The monoisotopic (exact) mass is 121 g/mol. The molecule has 0 aliphatic heterocycles. The minimum absolute atomic E-state index is 0.197. The lowest BCUT2D eigenvalue weighted by Gasteiger charge is -1.91. The molecule has 0 aromatic rings. The van der Waals surface area contributed by atoms with Crippen LogP contribution >= 0.6 is 12.6 Å². The molecule has 0 N–H and O–H groups in total. The van der Waals surface area contributed by atoms with Crippen molar-refractivity contribution in [3.63, 3.8) is 0 Å². The molecule has 7 heavy (non-hydrogen) atoms. The zero-order chi connectivity index (χ0) is 5.86. The molecule has 0 aromatic heterocycles.